The number of ether oxygens (including phenoxy) is 2. The standard InChI is InChI=1S/C16H17ClO2/c17-14-5-2-12(3-6-14)15-18-9-16(10-19-15)8-11-1-4-13(16)7-11/h1-6,11,13,15H,7-10H2/t11-,13-,15?,16?/m1/s1. The first-order valence-corrected chi connectivity index (χ1v) is 7.30. The van der Waals surface area contributed by atoms with Gasteiger partial charge in [-0.25, -0.2) is 0 Å². The van der Waals surface area contributed by atoms with Crippen molar-refractivity contribution in [3.8, 4) is 0 Å². The Kier molecular flexibility index (Phi) is 2.73. The molecule has 2 fully saturated rings. The first-order valence-electron chi connectivity index (χ1n) is 6.92. The predicted octanol–water partition coefficient (Wildman–Crippen LogP) is 3.97. The molecule has 100 valence electrons. The average molecular weight is 277 g/mol. The lowest BCUT2D eigenvalue weighted by Gasteiger charge is -2.41. The smallest absolute Gasteiger partial charge is 0.183 e. The van der Waals surface area contributed by atoms with Gasteiger partial charge < -0.3 is 9.47 Å². The van der Waals surface area contributed by atoms with Gasteiger partial charge in [-0.3, -0.25) is 0 Å². The van der Waals surface area contributed by atoms with Gasteiger partial charge in [-0.05, 0) is 36.8 Å². The molecule has 19 heavy (non-hydrogen) atoms. The van der Waals surface area contributed by atoms with Crippen molar-refractivity contribution < 1.29 is 9.47 Å². The third kappa shape index (κ3) is 1.94. The molecule has 1 aromatic carbocycles. The van der Waals surface area contributed by atoms with E-state index in [-0.39, 0.29) is 11.7 Å². The fourth-order valence-corrected chi connectivity index (χ4v) is 3.90. The molecule has 1 aromatic rings. The van der Waals surface area contributed by atoms with Crippen LogP contribution >= 0.6 is 11.6 Å². The van der Waals surface area contributed by atoms with E-state index in [9.17, 15) is 0 Å². The van der Waals surface area contributed by atoms with E-state index < -0.39 is 0 Å². The summed E-state index contributed by atoms with van der Waals surface area (Å²) in [7, 11) is 0. The molecule has 1 saturated carbocycles. The second-order valence-electron chi connectivity index (χ2n) is 6.06. The van der Waals surface area contributed by atoms with Crippen LogP contribution in [0.5, 0.6) is 0 Å². The summed E-state index contributed by atoms with van der Waals surface area (Å²) in [6, 6.07) is 7.72. The zero-order chi connectivity index (χ0) is 12.9. The molecule has 4 rings (SSSR count). The highest BCUT2D eigenvalue weighted by Gasteiger charge is 2.51. The summed E-state index contributed by atoms with van der Waals surface area (Å²) in [5.41, 5.74) is 1.29. The SMILES string of the molecule is Clc1ccc(C2OCC3(CO2)C[C@@H]2C=C[C@@H]3C2)cc1. The molecule has 0 aromatic heterocycles. The molecular formula is C16H17ClO2. The predicted molar refractivity (Wildman–Crippen MR) is 73.9 cm³/mol. The van der Waals surface area contributed by atoms with E-state index >= 15 is 0 Å². The van der Waals surface area contributed by atoms with Crippen LogP contribution in [-0.2, 0) is 9.47 Å². The van der Waals surface area contributed by atoms with Gasteiger partial charge in [0.1, 0.15) is 0 Å². The van der Waals surface area contributed by atoms with Crippen molar-refractivity contribution in [2.45, 2.75) is 19.1 Å². The van der Waals surface area contributed by atoms with Crippen LogP contribution in [0.4, 0.5) is 0 Å². The number of rotatable bonds is 1. The molecule has 0 amide bonds. The minimum absolute atomic E-state index is 0.231. The van der Waals surface area contributed by atoms with Crippen LogP contribution in [0.1, 0.15) is 24.7 Å². The summed E-state index contributed by atoms with van der Waals surface area (Å²) in [6.07, 6.45) is 7.01. The highest BCUT2D eigenvalue weighted by molar-refractivity contribution is 6.30. The van der Waals surface area contributed by atoms with Gasteiger partial charge in [-0.15, -0.1) is 0 Å². The first-order chi connectivity index (χ1) is 9.25. The Balaban J connectivity index is 1.48. The minimum Gasteiger partial charge on any atom is -0.348 e. The quantitative estimate of drug-likeness (QED) is 0.723. The lowest BCUT2D eigenvalue weighted by atomic mass is 9.76. The summed E-state index contributed by atoms with van der Waals surface area (Å²) in [4.78, 5) is 0. The molecule has 2 bridgehead atoms. The molecule has 2 aliphatic carbocycles. The highest BCUT2D eigenvalue weighted by atomic mass is 35.5. The number of hydrogen-bond donors (Lipinski definition) is 0. The number of hydrogen-bond acceptors (Lipinski definition) is 2. The zero-order valence-corrected chi connectivity index (χ0v) is 11.5. The van der Waals surface area contributed by atoms with E-state index in [2.05, 4.69) is 12.2 Å². The summed E-state index contributed by atoms with van der Waals surface area (Å²) in [5.74, 6) is 1.41. The molecule has 1 aliphatic heterocycles. The van der Waals surface area contributed by atoms with Crippen molar-refractivity contribution in [3.05, 3.63) is 47.0 Å². The lowest BCUT2D eigenvalue weighted by molar-refractivity contribution is -0.239. The normalized spacial score (nSPS) is 40.2. The van der Waals surface area contributed by atoms with Gasteiger partial charge in [0, 0.05) is 16.0 Å². The second-order valence-corrected chi connectivity index (χ2v) is 6.50. The van der Waals surface area contributed by atoms with Gasteiger partial charge in [0.15, 0.2) is 6.29 Å². The second kappa shape index (κ2) is 4.34. The Morgan fingerprint density at radius 3 is 2.37 bits per heavy atom. The largest absolute Gasteiger partial charge is 0.348 e. The van der Waals surface area contributed by atoms with Crippen molar-refractivity contribution in [3.63, 3.8) is 0 Å². The molecule has 1 heterocycles. The summed E-state index contributed by atoms with van der Waals surface area (Å²) < 4.78 is 12.0. The Morgan fingerprint density at radius 2 is 1.79 bits per heavy atom. The molecular weight excluding hydrogens is 260 g/mol. The van der Waals surface area contributed by atoms with E-state index in [0.29, 0.717) is 5.92 Å². The van der Waals surface area contributed by atoms with Crippen LogP contribution in [-0.4, -0.2) is 13.2 Å². The van der Waals surface area contributed by atoms with Crippen LogP contribution in [0.25, 0.3) is 0 Å². The lowest BCUT2D eigenvalue weighted by Crippen LogP contribution is -2.41. The topological polar surface area (TPSA) is 18.5 Å². The molecule has 1 spiro atoms. The number of allylic oxidation sites excluding steroid dienone is 2. The highest BCUT2D eigenvalue weighted by Crippen LogP contribution is 2.54. The first kappa shape index (κ1) is 12.0. The fraction of sp³-hybridized carbons (Fsp3) is 0.500. The number of benzene rings is 1. The molecule has 3 heteroatoms. The Hall–Kier alpha value is -0.830. The van der Waals surface area contributed by atoms with Crippen LogP contribution in [0.2, 0.25) is 5.02 Å². The monoisotopic (exact) mass is 276 g/mol. The molecule has 3 aliphatic rings. The van der Waals surface area contributed by atoms with Gasteiger partial charge >= 0.3 is 0 Å². The van der Waals surface area contributed by atoms with Crippen molar-refractivity contribution in [2.75, 3.05) is 13.2 Å². The minimum atomic E-state index is -0.231. The summed E-state index contributed by atoms with van der Waals surface area (Å²) in [5, 5.41) is 0.745. The van der Waals surface area contributed by atoms with E-state index in [0.717, 1.165) is 29.7 Å². The van der Waals surface area contributed by atoms with Crippen molar-refractivity contribution >= 4 is 11.6 Å². The van der Waals surface area contributed by atoms with Crippen LogP contribution in [0, 0.1) is 17.3 Å². The van der Waals surface area contributed by atoms with Gasteiger partial charge in [0.05, 0.1) is 13.2 Å². The molecule has 2 atom stereocenters. The maximum atomic E-state index is 6.00. The Morgan fingerprint density at radius 1 is 1.05 bits per heavy atom. The zero-order valence-electron chi connectivity index (χ0n) is 10.7. The van der Waals surface area contributed by atoms with Gasteiger partial charge in [-0.2, -0.15) is 0 Å². The van der Waals surface area contributed by atoms with Crippen LogP contribution < -0.4 is 0 Å². The average Bonchev–Trinajstić information content (AvgIpc) is 3.02. The Labute approximate surface area is 118 Å². The van der Waals surface area contributed by atoms with Crippen molar-refractivity contribution in [1.29, 1.82) is 0 Å². The molecule has 1 saturated heterocycles. The van der Waals surface area contributed by atoms with Crippen LogP contribution in [0.15, 0.2) is 36.4 Å². The number of halogens is 1. The maximum absolute atomic E-state index is 6.00. The van der Waals surface area contributed by atoms with E-state index in [1.165, 1.54) is 12.8 Å². The number of fused-ring (bicyclic) bond motifs is 3. The van der Waals surface area contributed by atoms with Crippen LogP contribution in [0.3, 0.4) is 0 Å². The summed E-state index contributed by atoms with van der Waals surface area (Å²) in [6.45, 7) is 1.62. The van der Waals surface area contributed by atoms with Crippen molar-refractivity contribution in [1.82, 2.24) is 0 Å². The van der Waals surface area contributed by atoms with Gasteiger partial charge in [-0.1, -0.05) is 35.9 Å². The molecule has 0 unspecified atom stereocenters. The van der Waals surface area contributed by atoms with Gasteiger partial charge in [0.2, 0.25) is 0 Å². The third-order valence-electron chi connectivity index (χ3n) is 4.81. The van der Waals surface area contributed by atoms with Crippen molar-refractivity contribution in [2.24, 2.45) is 17.3 Å². The molecule has 2 nitrogen and oxygen atoms in total. The van der Waals surface area contributed by atoms with E-state index in [1.54, 1.807) is 0 Å². The third-order valence-corrected chi connectivity index (χ3v) is 5.07. The molecule has 0 radical (unpaired) electrons. The van der Waals surface area contributed by atoms with E-state index in [4.69, 9.17) is 21.1 Å². The fourth-order valence-electron chi connectivity index (χ4n) is 3.77. The Bertz CT molecular complexity index is 500. The summed E-state index contributed by atoms with van der Waals surface area (Å²) >= 11 is 5.90. The molecule has 0 N–H and O–H groups in total. The maximum Gasteiger partial charge on any atom is 0.183 e. The van der Waals surface area contributed by atoms with Gasteiger partial charge in [0.25, 0.3) is 0 Å². The van der Waals surface area contributed by atoms with E-state index in [1.807, 2.05) is 24.3 Å².